The van der Waals surface area contributed by atoms with Crippen molar-refractivity contribution in [1.82, 2.24) is 5.16 Å². The fraction of sp³-hybridized carbons (Fsp3) is 0.100. The zero-order valence-corrected chi connectivity index (χ0v) is 8.86. The topological polar surface area (TPSA) is 46.3 Å². The van der Waals surface area contributed by atoms with Gasteiger partial charge in [0.15, 0.2) is 5.76 Å². The molecule has 0 saturated carbocycles. The number of aromatic nitrogens is 1. The molecule has 0 atom stereocenters. The quantitative estimate of drug-likeness (QED) is 0.895. The SMILES string of the molecule is OCc1cc(-c2ccccc2Br)on1. The summed E-state index contributed by atoms with van der Waals surface area (Å²) in [5.41, 5.74) is 1.47. The maximum atomic E-state index is 8.83. The molecule has 0 radical (unpaired) electrons. The van der Waals surface area contributed by atoms with Gasteiger partial charge in [-0.1, -0.05) is 33.2 Å². The van der Waals surface area contributed by atoms with Crippen LogP contribution in [0, 0.1) is 0 Å². The molecule has 0 saturated heterocycles. The largest absolute Gasteiger partial charge is 0.390 e. The maximum Gasteiger partial charge on any atom is 0.168 e. The Labute approximate surface area is 89.5 Å². The van der Waals surface area contributed by atoms with E-state index in [1.54, 1.807) is 6.07 Å². The molecule has 1 aromatic heterocycles. The fourth-order valence-electron chi connectivity index (χ4n) is 1.17. The van der Waals surface area contributed by atoms with Gasteiger partial charge in [0.25, 0.3) is 0 Å². The first-order valence-corrected chi connectivity index (χ1v) is 4.92. The molecule has 4 heteroatoms. The van der Waals surface area contributed by atoms with Crippen molar-refractivity contribution >= 4 is 15.9 Å². The first-order chi connectivity index (χ1) is 6.81. The van der Waals surface area contributed by atoms with Crippen LogP contribution in [0.15, 0.2) is 39.3 Å². The molecule has 0 bridgehead atoms. The Balaban J connectivity index is 2.44. The zero-order valence-electron chi connectivity index (χ0n) is 7.27. The van der Waals surface area contributed by atoms with Gasteiger partial charge >= 0.3 is 0 Å². The van der Waals surface area contributed by atoms with Crippen LogP contribution in [0.4, 0.5) is 0 Å². The molecule has 0 unspecified atom stereocenters. The summed E-state index contributed by atoms with van der Waals surface area (Å²) in [6.07, 6.45) is 0. The van der Waals surface area contributed by atoms with Crippen molar-refractivity contribution in [2.75, 3.05) is 0 Å². The van der Waals surface area contributed by atoms with Crippen LogP contribution in [0.25, 0.3) is 11.3 Å². The van der Waals surface area contributed by atoms with Gasteiger partial charge in [-0.25, -0.2) is 0 Å². The van der Waals surface area contributed by atoms with Crippen molar-refractivity contribution in [3.05, 3.63) is 40.5 Å². The predicted molar refractivity (Wildman–Crippen MR) is 55.6 cm³/mol. The van der Waals surface area contributed by atoms with Crippen molar-refractivity contribution < 1.29 is 9.63 Å². The summed E-state index contributed by atoms with van der Waals surface area (Å²) >= 11 is 3.41. The third-order valence-electron chi connectivity index (χ3n) is 1.86. The minimum Gasteiger partial charge on any atom is -0.390 e. The van der Waals surface area contributed by atoms with Crippen LogP contribution in [0.2, 0.25) is 0 Å². The number of aliphatic hydroxyl groups is 1. The molecule has 0 aliphatic carbocycles. The molecular formula is C10H8BrNO2. The summed E-state index contributed by atoms with van der Waals surface area (Å²) in [5, 5.41) is 12.5. The molecule has 0 aliphatic rings. The molecule has 0 fully saturated rings. The van der Waals surface area contributed by atoms with E-state index >= 15 is 0 Å². The number of hydrogen-bond donors (Lipinski definition) is 1. The van der Waals surface area contributed by atoms with E-state index in [0.29, 0.717) is 11.5 Å². The Morgan fingerprint density at radius 1 is 1.36 bits per heavy atom. The van der Waals surface area contributed by atoms with E-state index in [0.717, 1.165) is 10.0 Å². The van der Waals surface area contributed by atoms with Gasteiger partial charge in [0.05, 0.1) is 6.61 Å². The first kappa shape index (κ1) is 9.43. The van der Waals surface area contributed by atoms with E-state index < -0.39 is 0 Å². The minimum absolute atomic E-state index is 0.103. The molecule has 72 valence electrons. The molecule has 14 heavy (non-hydrogen) atoms. The van der Waals surface area contributed by atoms with Crippen LogP contribution >= 0.6 is 15.9 Å². The molecule has 0 aliphatic heterocycles. The van der Waals surface area contributed by atoms with Gasteiger partial charge in [0, 0.05) is 16.1 Å². The van der Waals surface area contributed by atoms with Gasteiger partial charge in [-0.05, 0) is 12.1 Å². The van der Waals surface area contributed by atoms with Crippen molar-refractivity contribution in [2.24, 2.45) is 0 Å². The average molecular weight is 254 g/mol. The number of nitrogens with zero attached hydrogens (tertiary/aromatic N) is 1. The summed E-state index contributed by atoms with van der Waals surface area (Å²) in [5.74, 6) is 0.654. The normalized spacial score (nSPS) is 10.4. The lowest BCUT2D eigenvalue weighted by molar-refractivity contribution is 0.267. The van der Waals surface area contributed by atoms with Crippen molar-refractivity contribution in [3.63, 3.8) is 0 Å². The fourth-order valence-corrected chi connectivity index (χ4v) is 1.65. The molecule has 1 heterocycles. The minimum atomic E-state index is -0.103. The zero-order chi connectivity index (χ0) is 9.97. The highest BCUT2D eigenvalue weighted by atomic mass is 79.9. The van der Waals surface area contributed by atoms with E-state index in [1.165, 1.54) is 0 Å². The van der Waals surface area contributed by atoms with Crippen LogP contribution < -0.4 is 0 Å². The summed E-state index contributed by atoms with van der Waals surface area (Å²) < 4.78 is 6.03. The van der Waals surface area contributed by atoms with Gasteiger partial charge in [-0.2, -0.15) is 0 Å². The standard InChI is InChI=1S/C10H8BrNO2/c11-9-4-2-1-3-8(9)10-5-7(6-13)12-14-10/h1-5,13H,6H2. The number of rotatable bonds is 2. The lowest BCUT2D eigenvalue weighted by atomic mass is 10.2. The Bertz CT molecular complexity index is 439. The van der Waals surface area contributed by atoms with E-state index in [-0.39, 0.29) is 6.61 Å². The number of benzene rings is 1. The third kappa shape index (κ3) is 1.71. The molecule has 0 amide bonds. The summed E-state index contributed by atoms with van der Waals surface area (Å²) in [4.78, 5) is 0. The molecule has 2 rings (SSSR count). The molecule has 1 N–H and O–H groups in total. The van der Waals surface area contributed by atoms with Gasteiger partial charge in [0.1, 0.15) is 5.69 Å². The molecule has 1 aromatic carbocycles. The van der Waals surface area contributed by atoms with Gasteiger partial charge in [0.2, 0.25) is 0 Å². The van der Waals surface area contributed by atoms with E-state index in [9.17, 15) is 0 Å². The average Bonchev–Trinajstić information content (AvgIpc) is 2.67. The summed E-state index contributed by atoms with van der Waals surface area (Å²) in [6, 6.07) is 9.42. The highest BCUT2D eigenvalue weighted by Gasteiger charge is 2.08. The van der Waals surface area contributed by atoms with Crippen LogP contribution in [0.5, 0.6) is 0 Å². The van der Waals surface area contributed by atoms with Crippen molar-refractivity contribution in [1.29, 1.82) is 0 Å². The van der Waals surface area contributed by atoms with E-state index in [1.807, 2.05) is 24.3 Å². The van der Waals surface area contributed by atoms with Crippen molar-refractivity contribution in [2.45, 2.75) is 6.61 Å². The van der Waals surface area contributed by atoms with Gasteiger partial charge < -0.3 is 9.63 Å². The van der Waals surface area contributed by atoms with Gasteiger partial charge in [-0.3, -0.25) is 0 Å². The predicted octanol–water partition coefficient (Wildman–Crippen LogP) is 2.60. The summed E-state index contributed by atoms with van der Waals surface area (Å²) in [7, 11) is 0. The Morgan fingerprint density at radius 2 is 2.14 bits per heavy atom. The Kier molecular flexibility index (Phi) is 2.65. The van der Waals surface area contributed by atoms with Crippen molar-refractivity contribution in [3.8, 4) is 11.3 Å². The number of hydrogen-bond acceptors (Lipinski definition) is 3. The van der Waals surface area contributed by atoms with E-state index in [2.05, 4.69) is 21.1 Å². The Hall–Kier alpha value is -1.13. The highest BCUT2D eigenvalue weighted by Crippen LogP contribution is 2.28. The Morgan fingerprint density at radius 3 is 2.79 bits per heavy atom. The summed E-state index contributed by atoms with van der Waals surface area (Å²) in [6.45, 7) is -0.103. The highest BCUT2D eigenvalue weighted by molar-refractivity contribution is 9.10. The first-order valence-electron chi connectivity index (χ1n) is 4.12. The molecule has 0 spiro atoms. The third-order valence-corrected chi connectivity index (χ3v) is 2.55. The van der Waals surface area contributed by atoms with Crippen LogP contribution in [-0.4, -0.2) is 10.3 Å². The van der Waals surface area contributed by atoms with Crippen LogP contribution in [0.3, 0.4) is 0 Å². The maximum absolute atomic E-state index is 8.83. The second-order valence-electron chi connectivity index (χ2n) is 2.82. The van der Waals surface area contributed by atoms with Crippen LogP contribution in [-0.2, 0) is 6.61 Å². The lowest BCUT2D eigenvalue weighted by Crippen LogP contribution is -1.78. The number of halogens is 1. The smallest absolute Gasteiger partial charge is 0.168 e. The second-order valence-corrected chi connectivity index (χ2v) is 3.67. The number of aliphatic hydroxyl groups excluding tert-OH is 1. The van der Waals surface area contributed by atoms with E-state index in [4.69, 9.17) is 9.63 Å². The van der Waals surface area contributed by atoms with Crippen LogP contribution in [0.1, 0.15) is 5.69 Å². The monoisotopic (exact) mass is 253 g/mol. The lowest BCUT2D eigenvalue weighted by Gasteiger charge is -1.97. The van der Waals surface area contributed by atoms with Gasteiger partial charge in [-0.15, -0.1) is 0 Å². The molecule has 2 aromatic rings. The second kappa shape index (κ2) is 3.94. The molecular weight excluding hydrogens is 246 g/mol. The molecule has 3 nitrogen and oxygen atoms in total.